The first kappa shape index (κ1) is 35.0. The van der Waals surface area contributed by atoms with Gasteiger partial charge in [-0.1, -0.05) is 29.3 Å². The molecule has 49 heavy (non-hydrogen) atoms. The molecule has 0 heterocycles. The Morgan fingerprint density at radius 1 is 0.510 bits per heavy atom. The van der Waals surface area contributed by atoms with Gasteiger partial charge in [0.15, 0.2) is 0 Å². The number of carbonyl (C=O) groups is 2. The van der Waals surface area contributed by atoms with Crippen LogP contribution in [0.15, 0.2) is 125 Å². The molecule has 4 N–H and O–H groups in total. The summed E-state index contributed by atoms with van der Waals surface area (Å²) >= 11 is 11.6. The summed E-state index contributed by atoms with van der Waals surface area (Å²) in [5, 5.41) is 11.4. The number of anilines is 4. The molecule has 0 aromatic heterocycles. The van der Waals surface area contributed by atoms with Crippen molar-refractivity contribution in [1.29, 1.82) is 0 Å². The average Bonchev–Trinajstić information content (AvgIpc) is 3.04. The number of hydrogen-bond donors (Lipinski definition) is 4. The van der Waals surface area contributed by atoms with Gasteiger partial charge in [-0.3, -0.25) is 0 Å². The first-order valence-electron chi connectivity index (χ1n) is 14.1. The van der Waals surface area contributed by atoms with E-state index in [1.165, 1.54) is 97.1 Å². The van der Waals surface area contributed by atoms with Gasteiger partial charge < -0.3 is 29.6 Å². The van der Waals surface area contributed by atoms with Gasteiger partial charge in [-0.25, -0.2) is 9.59 Å². The topological polar surface area (TPSA) is 169 Å². The van der Waals surface area contributed by atoms with Crippen molar-refractivity contribution in [2.45, 2.75) is 16.7 Å². The lowest BCUT2D eigenvalue weighted by Crippen LogP contribution is -2.21. The van der Waals surface area contributed by atoms with Gasteiger partial charge in [-0.2, -0.15) is 16.8 Å². The molecule has 0 spiro atoms. The van der Waals surface area contributed by atoms with E-state index in [0.29, 0.717) is 38.4 Å². The highest BCUT2D eigenvalue weighted by atomic mass is 35.5. The summed E-state index contributed by atoms with van der Waals surface area (Å²) in [6.45, 7) is 1.77. The zero-order valence-corrected chi connectivity index (χ0v) is 28.5. The number of aryl methyl sites for hydroxylation is 1. The van der Waals surface area contributed by atoms with Crippen molar-refractivity contribution >= 4 is 78.2 Å². The Balaban J connectivity index is 1.13. The Morgan fingerprint density at radius 2 is 0.878 bits per heavy atom. The molecule has 0 saturated heterocycles. The van der Waals surface area contributed by atoms with Gasteiger partial charge in [0.1, 0.15) is 21.3 Å². The first-order valence-corrected chi connectivity index (χ1v) is 17.7. The van der Waals surface area contributed by atoms with E-state index in [1.54, 1.807) is 25.1 Å². The minimum atomic E-state index is -4.08. The fraction of sp³-hybridized carbons (Fsp3) is 0.0303. The van der Waals surface area contributed by atoms with Crippen LogP contribution in [0.1, 0.15) is 5.56 Å². The standard InChI is InChI=1S/C33H26Cl2N4O8S2/c1-21-2-7-26(38-32(40)36-24-8-12-27(13-9-24)46-48(42,43)29-16-3-22(34)4-17-29)20-31(21)39-33(41)37-25-10-14-28(15-11-25)47-49(44,45)30-18-5-23(35)6-19-30/h2-20H,1H3,(H2,36,38,40)(H2,37,39,41). The van der Waals surface area contributed by atoms with Crippen LogP contribution in [0.2, 0.25) is 10.0 Å². The van der Waals surface area contributed by atoms with Gasteiger partial charge in [0.2, 0.25) is 0 Å². The van der Waals surface area contributed by atoms with Gasteiger partial charge >= 0.3 is 32.3 Å². The smallest absolute Gasteiger partial charge is 0.339 e. The Morgan fingerprint density at radius 3 is 1.31 bits per heavy atom. The summed E-state index contributed by atoms with van der Waals surface area (Å²) in [7, 11) is -8.16. The van der Waals surface area contributed by atoms with Gasteiger partial charge in [0, 0.05) is 32.8 Å². The SMILES string of the molecule is Cc1ccc(NC(=O)Nc2ccc(OS(=O)(=O)c3ccc(Cl)cc3)cc2)cc1NC(=O)Nc1ccc(OS(=O)(=O)c2ccc(Cl)cc2)cc1. The van der Waals surface area contributed by atoms with E-state index in [1.807, 2.05) is 0 Å². The van der Waals surface area contributed by atoms with Crippen LogP contribution in [0, 0.1) is 6.92 Å². The lowest BCUT2D eigenvalue weighted by atomic mass is 10.2. The minimum absolute atomic E-state index is 0.0415. The van der Waals surface area contributed by atoms with Crippen LogP contribution < -0.4 is 29.6 Å². The van der Waals surface area contributed by atoms with Crippen LogP contribution >= 0.6 is 23.2 Å². The van der Waals surface area contributed by atoms with Crippen molar-refractivity contribution < 1.29 is 34.8 Å². The molecule has 12 nitrogen and oxygen atoms in total. The predicted molar refractivity (Wildman–Crippen MR) is 188 cm³/mol. The summed E-state index contributed by atoms with van der Waals surface area (Å²) in [6.07, 6.45) is 0. The number of benzene rings is 5. The molecule has 252 valence electrons. The molecule has 0 aliphatic rings. The van der Waals surface area contributed by atoms with Crippen molar-refractivity contribution in [2.24, 2.45) is 0 Å². The number of rotatable bonds is 10. The van der Waals surface area contributed by atoms with E-state index in [4.69, 9.17) is 31.6 Å². The summed E-state index contributed by atoms with van der Waals surface area (Å²) < 4.78 is 60.3. The van der Waals surface area contributed by atoms with Gasteiger partial charge in [-0.15, -0.1) is 0 Å². The molecule has 16 heteroatoms. The highest BCUT2D eigenvalue weighted by Gasteiger charge is 2.18. The second kappa shape index (κ2) is 14.9. The molecular weight excluding hydrogens is 715 g/mol. The quantitative estimate of drug-likeness (QED) is 0.104. The molecule has 5 aromatic carbocycles. The summed E-state index contributed by atoms with van der Waals surface area (Å²) in [5.41, 5.74) is 2.21. The summed E-state index contributed by atoms with van der Waals surface area (Å²) in [4.78, 5) is 25.3. The third kappa shape index (κ3) is 9.64. The second-order valence-corrected chi connectivity index (χ2v) is 14.2. The zero-order valence-electron chi connectivity index (χ0n) is 25.3. The summed E-state index contributed by atoms with van der Waals surface area (Å²) in [6, 6.07) is 26.2. The predicted octanol–water partition coefficient (Wildman–Crippen LogP) is 8.13. The van der Waals surface area contributed by atoms with Crippen molar-refractivity contribution in [1.82, 2.24) is 0 Å². The number of urea groups is 2. The van der Waals surface area contributed by atoms with Gasteiger partial charge in [0.05, 0.1) is 0 Å². The second-order valence-electron chi connectivity index (χ2n) is 10.2. The van der Waals surface area contributed by atoms with Crippen LogP contribution in [0.5, 0.6) is 11.5 Å². The molecule has 4 amide bonds. The lowest BCUT2D eigenvalue weighted by molar-refractivity contribution is 0.261. The van der Waals surface area contributed by atoms with Crippen LogP contribution in [0.25, 0.3) is 0 Å². The molecule has 0 aliphatic heterocycles. The van der Waals surface area contributed by atoms with Crippen molar-refractivity contribution in [2.75, 3.05) is 21.3 Å². The van der Waals surface area contributed by atoms with Crippen molar-refractivity contribution in [3.05, 3.63) is 131 Å². The molecule has 0 unspecified atom stereocenters. The molecule has 0 bridgehead atoms. The number of halogens is 2. The molecule has 0 fully saturated rings. The van der Waals surface area contributed by atoms with E-state index in [9.17, 15) is 26.4 Å². The fourth-order valence-electron chi connectivity index (χ4n) is 4.15. The maximum atomic E-state index is 12.7. The Hall–Kier alpha value is -5.28. The Labute approximate surface area is 292 Å². The highest BCUT2D eigenvalue weighted by molar-refractivity contribution is 7.87. The molecule has 5 rings (SSSR count). The molecule has 5 aromatic rings. The van der Waals surface area contributed by atoms with E-state index >= 15 is 0 Å². The Bertz CT molecular complexity index is 2200. The summed E-state index contributed by atoms with van der Waals surface area (Å²) in [5.74, 6) is 0.0833. The number of hydrogen-bond acceptors (Lipinski definition) is 8. The molecule has 0 radical (unpaired) electrons. The maximum Gasteiger partial charge on any atom is 0.339 e. The molecular formula is C33H26Cl2N4O8S2. The number of amides is 4. The molecule has 0 atom stereocenters. The zero-order chi connectivity index (χ0) is 35.2. The van der Waals surface area contributed by atoms with E-state index in [2.05, 4.69) is 21.3 Å². The van der Waals surface area contributed by atoms with E-state index in [-0.39, 0.29) is 21.3 Å². The normalized spacial score (nSPS) is 11.2. The molecule has 0 aliphatic carbocycles. The monoisotopic (exact) mass is 740 g/mol. The fourth-order valence-corrected chi connectivity index (χ4v) is 6.26. The highest BCUT2D eigenvalue weighted by Crippen LogP contribution is 2.25. The largest absolute Gasteiger partial charge is 0.379 e. The molecule has 0 saturated carbocycles. The third-order valence-corrected chi connectivity index (χ3v) is 9.61. The van der Waals surface area contributed by atoms with Crippen molar-refractivity contribution in [3.8, 4) is 11.5 Å². The van der Waals surface area contributed by atoms with Crippen LogP contribution in [0.3, 0.4) is 0 Å². The van der Waals surface area contributed by atoms with Gasteiger partial charge in [0.25, 0.3) is 0 Å². The average molecular weight is 742 g/mol. The van der Waals surface area contributed by atoms with Crippen molar-refractivity contribution in [3.63, 3.8) is 0 Å². The minimum Gasteiger partial charge on any atom is -0.379 e. The van der Waals surface area contributed by atoms with Gasteiger partial charge in [-0.05, 0) is 122 Å². The number of carbonyl (C=O) groups excluding carboxylic acids is 2. The van der Waals surface area contributed by atoms with Crippen LogP contribution in [-0.4, -0.2) is 28.9 Å². The van der Waals surface area contributed by atoms with Crippen LogP contribution in [0.4, 0.5) is 32.3 Å². The first-order chi connectivity index (χ1) is 23.3. The number of nitrogens with one attached hydrogen (secondary N) is 4. The van der Waals surface area contributed by atoms with Crippen LogP contribution in [-0.2, 0) is 20.2 Å². The Kier molecular flexibility index (Phi) is 10.6. The third-order valence-electron chi connectivity index (χ3n) is 6.58. The van der Waals surface area contributed by atoms with E-state index < -0.39 is 32.3 Å². The van der Waals surface area contributed by atoms with E-state index in [0.717, 1.165) is 0 Å². The maximum absolute atomic E-state index is 12.7. The lowest BCUT2D eigenvalue weighted by Gasteiger charge is -2.13.